The molecule has 0 spiro atoms. The predicted octanol–water partition coefficient (Wildman–Crippen LogP) is 7.93. The van der Waals surface area contributed by atoms with Crippen LogP contribution in [0.2, 0.25) is 0 Å². The Morgan fingerprint density at radius 3 is 2.00 bits per heavy atom. The van der Waals surface area contributed by atoms with Gasteiger partial charge in [0.2, 0.25) is 0 Å². The summed E-state index contributed by atoms with van der Waals surface area (Å²) >= 11 is 0. The van der Waals surface area contributed by atoms with Crippen molar-refractivity contribution in [1.82, 2.24) is 4.98 Å². The first-order valence-corrected chi connectivity index (χ1v) is 10.6. The van der Waals surface area contributed by atoms with Gasteiger partial charge in [0, 0.05) is 17.1 Å². The van der Waals surface area contributed by atoms with E-state index >= 15 is 4.39 Å². The van der Waals surface area contributed by atoms with Gasteiger partial charge in [0.1, 0.15) is 6.07 Å². The van der Waals surface area contributed by atoms with Crippen LogP contribution in [-0.2, 0) is 5.41 Å². The van der Waals surface area contributed by atoms with Gasteiger partial charge < -0.3 is 0 Å². The molecule has 34 heavy (non-hydrogen) atoms. The fourth-order valence-corrected chi connectivity index (χ4v) is 4.48. The van der Waals surface area contributed by atoms with Crippen molar-refractivity contribution in [3.05, 3.63) is 89.1 Å². The third-order valence-electron chi connectivity index (χ3n) is 6.12. The van der Waals surface area contributed by atoms with E-state index in [9.17, 15) is 18.4 Å². The van der Waals surface area contributed by atoms with Crippen LogP contribution in [0.4, 0.5) is 17.6 Å². The maximum atomic E-state index is 15.0. The highest BCUT2D eigenvalue weighted by molar-refractivity contribution is 6.04. The predicted molar refractivity (Wildman–Crippen MR) is 125 cm³/mol. The lowest BCUT2D eigenvalue weighted by molar-refractivity contribution is 0.418. The fraction of sp³-hybridized carbons (Fsp3) is 0.143. The van der Waals surface area contributed by atoms with E-state index in [-0.39, 0.29) is 16.7 Å². The van der Waals surface area contributed by atoms with Crippen molar-refractivity contribution in [3.63, 3.8) is 0 Å². The van der Waals surface area contributed by atoms with Gasteiger partial charge in [0.05, 0.1) is 16.6 Å². The van der Waals surface area contributed by atoms with Gasteiger partial charge in [-0.15, -0.1) is 0 Å². The van der Waals surface area contributed by atoms with Crippen molar-refractivity contribution < 1.29 is 17.6 Å². The van der Waals surface area contributed by atoms with Crippen LogP contribution in [0.1, 0.15) is 31.9 Å². The van der Waals surface area contributed by atoms with Crippen LogP contribution >= 0.6 is 0 Å². The van der Waals surface area contributed by atoms with Crippen LogP contribution in [0.3, 0.4) is 0 Å². The van der Waals surface area contributed by atoms with Crippen molar-refractivity contribution in [2.24, 2.45) is 0 Å². The molecule has 4 aromatic carbocycles. The van der Waals surface area contributed by atoms with Crippen LogP contribution in [0.25, 0.3) is 43.6 Å². The van der Waals surface area contributed by atoms with Crippen LogP contribution < -0.4 is 0 Å². The zero-order valence-electron chi connectivity index (χ0n) is 18.6. The van der Waals surface area contributed by atoms with Gasteiger partial charge >= 0.3 is 0 Å². The zero-order valence-corrected chi connectivity index (χ0v) is 18.6. The summed E-state index contributed by atoms with van der Waals surface area (Å²) in [5, 5.41) is 12.1. The third-order valence-corrected chi connectivity index (χ3v) is 6.12. The van der Waals surface area contributed by atoms with E-state index in [2.05, 4.69) is 11.1 Å². The molecule has 0 amide bonds. The maximum Gasteiger partial charge on any atom is 0.198 e. The minimum absolute atomic E-state index is 0.0649. The number of rotatable bonds is 1. The second-order valence-corrected chi connectivity index (χ2v) is 9.33. The maximum absolute atomic E-state index is 15.0. The third kappa shape index (κ3) is 3.19. The van der Waals surface area contributed by atoms with Crippen molar-refractivity contribution >= 4 is 32.3 Å². The van der Waals surface area contributed by atoms with Crippen molar-refractivity contribution in [1.29, 1.82) is 5.26 Å². The summed E-state index contributed by atoms with van der Waals surface area (Å²) in [6.07, 6.45) is 1.05. The van der Waals surface area contributed by atoms with E-state index in [1.807, 2.05) is 57.2 Å². The Balaban J connectivity index is 1.95. The molecule has 5 rings (SSSR count). The first-order chi connectivity index (χ1) is 16.1. The number of benzene rings is 4. The topological polar surface area (TPSA) is 36.7 Å². The van der Waals surface area contributed by atoms with Crippen LogP contribution in [0.15, 0.2) is 54.7 Å². The smallest absolute Gasteiger partial charge is 0.198 e. The van der Waals surface area contributed by atoms with Crippen molar-refractivity contribution in [2.45, 2.75) is 26.2 Å². The molecule has 0 fully saturated rings. The number of fused-ring (bicyclic) bond motifs is 3. The number of hydrogen-bond donors (Lipinski definition) is 0. The SMILES string of the molecule is CC(C)(C)c1cc(-c2ncc(C#N)c3c(F)c(F)c(F)c(F)c23)cc2cc3ccccc3cc12. The molecule has 0 aliphatic carbocycles. The number of nitrogens with zero attached hydrogens (tertiary/aromatic N) is 2. The molecule has 5 aromatic rings. The van der Waals surface area contributed by atoms with Gasteiger partial charge in [-0.3, -0.25) is 4.98 Å². The first kappa shape index (κ1) is 21.8. The fourth-order valence-electron chi connectivity index (χ4n) is 4.48. The largest absolute Gasteiger partial charge is 0.254 e. The lowest BCUT2D eigenvalue weighted by Gasteiger charge is -2.23. The molecule has 0 unspecified atom stereocenters. The van der Waals surface area contributed by atoms with E-state index in [4.69, 9.17) is 0 Å². The van der Waals surface area contributed by atoms with Gasteiger partial charge in [-0.2, -0.15) is 5.26 Å². The summed E-state index contributed by atoms with van der Waals surface area (Å²) in [6, 6.07) is 17.2. The van der Waals surface area contributed by atoms with Crippen LogP contribution in [-0.4, -0.2) is 4.98 Å². The molecule has 2 nitrogen and oxygen atoms in total. The van der Waals surface area contributed by atoms with Crippen molar-refractivity contribution in [2.75, 3.05) is 0 Å². The Labute approximate surface area is 193 Å². The van der Waals surface area contributed by atoms with E-state index < -0.39 is 34.0 Å². The Bertz CT molecular complexity index is 1690. The molecular formula is C28H18F4N2. The van der Waals surface area contributed by atoms with E-state index in [0.717, 1.165) is 33.3 Å². The van der Waals surface area contributed by atoms with Crippen LogP contribution in [0.5, 0.6) is 0 Å². The lowest BCUT2D eigenvalue weighted by atomic mass is 9.81. The molecule has 0 bridgehead atoms. The second kappa shape index (κ2) is 7.53. The lowest BCUT2D eigenvalue weighted by Crippen LogP contribution is -2.12. The Morgan fingerprint density at radius 2 is 1.38 bits per heavy atom. The monoisotopic (exact) mass is 458 g/mol. The molecule has 168 valence electrons. The molecule has 0 atom stereocenters. The molecule has 0 N–H and O–H groups in total. The summed E-state index contributed by atoms with van der Waals surface area (Å²) in [4.78, 5) is 4.19. The van der Waals surface area contributed by atoms with Gasteiger partial charge in [0.15, 0.2) is 23.3 Å². The minimum atomic E-state index is -1.96. The number of pyridine rings is 1. The second-order valence-electron chi connectivity index (χ2n) is 9.33. The summed E-state index contributed by atoms with van der Waals surface area (Å²) in [7, 11) is 0. The summed E-state index contributed by atoms with van der Waals surface area (Å²) < 4.78 is 58.0. The Kier molecular flexibility index (Phi) is 4.84. The molecule has 0 radical (unpaired) electrons. The number of halogens is 4. The summed E-state index contributed by atoms with van der Waals surface area (Å²) in [5.41, 5.74) is 0.557. The highest BCUT2D eigenvalue weighted by atomic mass is 19.2. The highest BCUT2D eigenvalue weighted by Crippen LogP contribution is 2.40. The summed E-state index contributed by atoms with van der Waals surface area (Å²) in [5.74, 6) is -7.09. The van der Waals surface area contributed by atoms with E-state index in [1.54, 1.807) is 12.1 Å². The molecular weight excluding hydrogens is 440 g/mol. The molecule has 1 aromatic heterocycles. The van der Waals surface area contributed by atoms with Gasteiger partial charge in [0.25, 0.3) is 0 Å². The zero-order chi connectivity index (χ0) is 24.4. The number of aromatic nitrogens is 1. The van der Waals surface area contributed by atoms with Crippen LogP contribution in [0, 0.1) is 34.6 Å². The molecule has 0 saturated carbocycles. The van der Waals surface area contributed by atoms with Gasteiger partial charge in [-0.25, -0.2) is 17.6 Å². The Morgan fingerprint density at radius 1 is 0.765 bits per heavy atom. The minimum Gasteiger partial charge on any atom is -0.254 e. The normalized spacial score (nSPS) is 11.9. The molecule has 1 heterocycles. The van der Waals surface area contributed by atoms with E-state index in [0.29, 0.717) is 5.56 Å². The average molecular weight is 458 g/mol. The van der Waals surface area contributed by atoms with Gasteiger partial charge in [-0.1, -0.05) is 45.0 Å². The summed E-state index contributed by atoms with van der Waals surface area (Å²) in [6.45, 7) is 6.08. The average Bonchev–Trinajstić information content (AvgIpc) is 2.82. The molecule has 0 aliphatic heterocycles. The van der Waals surface area contributed by atoms with E-state index in [1.165, 1.54) is 0 Å². The van der Waals surface area contributed by atoms with Crippen molar-refractivity contribution in [3.8, 4) is 17.3 Å². The first-order valence-electron chi connectivity index (χ1n) is 10.6. The van der Waals surface area contributed by atoms with Gasteiger partial charge in [-0.05, 0) is 56.8 Å². The molecule has 6 heteroatoms. The molecule has 0 aliphatic rings. The molecule has 0 saturated heterocycles. The standard InChI is InChI=1S/C28H18F4N2/c1-28(2,3)20-11-17(9-16-8-14-6-4-5-7-15(14)10-19(16)20)27-22-21(18(12-33)13-34-27)23(29)25(31)26(32)24(22)30/h4-11,13H,1-3H3. The Hall–Kier alpha value is -3.98. The number of nitriles is 1. The quantitative estimate of drug-likeness (QED) is 0.111. The highest BCUT2D eigenvalue weighted by Gasteiger charge is 2.27. The number of hydrogen-bond acceptors (Lipinski definition) is 2.